The molecule has 0 aromatic rings. The molecule has 1 aliphatic heterocycles. The number of aliphatic hydroxyl groups is 1. The molecule has 1 saturated carbocycles. The van der Waals surface area contributed by atoms with Crippen LogP contribution in [0.4, 0.5) is 0 Å². The predicted molar refractivity (Wildman–Crippen MR) is 51.5 cm³/mol. The highest BCUT2D eigenvalue weighted by molar-refractivity contribution is 5.85. The standard InChI is InChI=1S/C9H17NO.ClH/c11-2-1-7-3-8-5-10-6-9(8)4-7;/h7-11H,1-6H2;1H. The Morgan fingerprint density at radius 1 is 1.17 bits per heavy atom. The maximum absolute atomic E-state index is 8.77. The van der Waals surface area contributed by atoms with Crippen molar-refractivity contribution in [3.63, 3.8) is 0 Å². The minimum Gasteiger partial charge on any atom is -0.396 e. The van der Waals surface area contributed by atoms with Gasteiger partial charge >= 0.3 is 0 Å². The van der Waals surface area contributed by atoms with Crippen molar-refractivity contribution in [2.75, 3.05) is 19.7 Å². The molecule has 0 amide bonds. The Kier molecular flexibility index (Phi) is 3.81. The van der Waals surface area contributed by atoms with Crippen LogP contribution in [-0.4, -0.2) is 24.8 Å². The second kappa shape index (κ2) is 4.45. The summed E-state index contributed by atoms with van der Waals surface area (Å²) in [5, 5.41) is 12.2. The van der Waals surface area contributed by atoms with Gasteiger partial charge in [-0.1, -0.05) is 0 Å². The first-order chi connectivity index (χ1) is 5.40. The van der Waals surface area contributed by atoms with Crippen LogP contribution in [0.3, 0.4) is 0 Å². The van der Waals surface area contributed by atoms with Gasteiger partial charge in [0.1, 0.15) is 0 Å². The van der Waals surface area contributed by atoms with E-state index in [1.54, 1.807) is 0 Å². The average Bonchev–Trinajstić information content (AvgIpc) is 2.46. The van der Waals surface area contributed by atoms with E-state index < -0.39 is 0 Å². The maximum atomic E-state index is 8.77. The van der Waals surface area contributed by atoms with E-state index in [2.05, 4.69) is 5.32 Å². The lowest BCUT2D eigenvalue weighted by molar-refractivity contribution is 0.254. The van der Waals surface area contributed by atoms with E-state index in [1.807, 2.05) is 0 Å². The van der Waals surface area contributed by atoms with Crippen molar-refractivity contribution in [1.82, 2.24) is 5.32 Å². The van der Waals surface area contributed by atoms with Crippen LogP contribution in [0.15, 0.2) is 0 Å². The highest BCUT2D eigenvalue weighted by Gasteiger charge is 2.36. The fourth-order valence-corrected chi connectivity index (χ4v) is 2.71. The van der Waals surface area contributed by atoms with Gasteiger partial charge in [-0.25, -0.2) is 0 Å². The highest BCUT2D eigenvalue weighted by Crippen LogP contribution is 2.39. The van der Waals surface area contributed by atoms with E-state index in [9.17, 15) is 0 Å². The maximum Gasteiger partial charge on any atom is 0.0433 e. The molecule has 0 aromatic heterocycles. The molecule has 2 unspecified atom stereocenters. The normalized spacial score (nSPS) is 39.2. The van der Waals surface area contributed by atoms with Gasteiger partial charge in [0.05, 0.1) is 0 Å². The quantitative estimate of drug-likeness (QED) is 0.684. The molecule has 0 bridgehead atoms. The lowest BCUT2D eigenvalue weighted by Gasteiger charge is -2.07. The van der Waals surface area contributed by atoms with E-state index in [0.717, 1.165) is 24.2 Å². The average molecular weight is 192 g/mol. The number of nitrogens with one attached hydrogen (secondary N) is 1. The Morgan fingerprint density at radius 2 is 1.75 bits per heavy atom. The SMILES string of the molecule is Cl.OCCC1CC2CNCC2C1. The third kappa shape index (κ3) is 1.93. The van der Waals surface area contributed by atoms with Gasteiger partial charge in [0.2, 0.25) is 0 Å². The molecule has 3 heteroatoms. The summed E-state index contributed by atoms with van der Waals surface area (Å²) in [5.41, 5.74) is 0. The van der Waals surface area contributed by atoms with E-state index in [4.69, 9.17) is 5.11 Å². The smallest absolute Gasteiger partial charge is 0.0433 e. The summed E-state index contributed by atoms with van der Waals surface area (Å²) in [7, 11) is 0. The Morgan fingerprint density at radius 3 is 2.25 bits per heavy atom. The minimum atomic E-state index is 0. The molecule has 0 radical (unpaired) electrons. The summed E-state index contributed by atoms with van der Waals surface area (Å²) in [6.07, 6.45) is 3.75. The van der Waals surface area contributed by atoms with Crippen LogP contribution < -0.4 is 5.32 Å². The summed E-state index contributed by atoms with van der Waals surface area (Å²) >= 11 is 0. The van der Waals surface area contributed by atoms with Gasteiger partial charge in [-0.3, -0.25) is 0 Å². The molecule has 0 aromatic carbocycles. The van der Waals surface area contributed by atoms with Crippen LogP contribution in [0.1, 0.15) is 19.3 Å². The molecule has 1 saturated heterocycles. The van der Waals surface area contributed by atoms with E-state index >= 15 is 0 Å². The molecule has 2 aliphatic rings. The van der Waals surface area contributed by atoms with Gasteiger partial charge in [0.15, 0.2) is 0 Å². The fourth-order valence-electron chi connectivity index (χ4n) is 2.71. The molecule has 72 valence electrons. The molecule has 1 aliphatic carbocycles. The first-order valence-electron chi connectivity index (χ1n) is 4.71. The summed E-state index contributed by atoms with van der Waals surface area (Å²) in [6.45, 7) is 2.84. The first kappa shape index (κ1) is 10.3. The van der Waals surface area contributed by atoms with Crippen LogP contribution in [0.25, 0.3) is 0 Å². The van der Waals surface area contributed by atoms with Gasteiger partial charge in [0.25, 0.3) is 0 Å². The number of hydrogen-bond acceptors (Lipinski definition) is 2. The summed E-state index contributed by atoms with van der Waals surface area (Å²) < 4.78 is 0. The number of halogens is 1. The van der Waals surface area contributed by atoms with E-state index in [1.165, 1.54) is 25.9 Å². The summed E-state index contributed by atoms with van der Waals surface area (Å²) in [6, 6.07) is 0. The van der Waals surface area contributed by atoms with Crippen LogP contribution in [0, 0.1) is 17.8 Å². The predicted octanol–water partition coefficient (Wildman–Crippen LogP) is 1.04. The third-order valence-corrected chi connectivity index (χ3v) is 3.29. The molecule has 1 heterocycles. The summed E-state index contributed by atoms with van der Waals surface area (Å²) in [4.78, 5) is 0. The number of aliphatic hydroxyl groups excluding tert-OH is 1. The van der Waals surface area contributed by atoms with Gasteiger partial charge in [-0.15, -0.1) is 12.4 Å². The number of fused-ring (bicyclic) bond motifs is 1. The number of hydrogen-bond donors (Lipinski definition) is 2. The van der Waals surface area contributed by atoms with Crippen LogP contribution >= 0.6 is 12.4 Å². The van der Waals surface area contributed by atoms with Crippen molar-refractivity contribution in [1.29, 1.82) is 0 Å². The third-order valence-electron chi connectivity index (χ3n) is 3.29. The Balaban J connectivity index is 0.000000720. The van der Waals surface area contributed by atoms with E-state index in [-0.39, 0.29) is 12.4 Å². The van der Waals surface area contributed by atoms with Gasteiger partial charge in [0, 0.05) is 6.61 Å². The molecule has 2 atom stereocenters. The molecule has 12 heavy (non-hydrogen) atoms. The van der Waals surface area contributed by atoms with Gasteiger partial charge in [-0.2, -0.15) is 0 Å². The Labute approximate surface area is 80.1 Å². The zero-order valence-electron chi connectivity index (χ0n) is 7.33. The van der Waals surface area contributed by atoms with Crippen LogP contribution in [-0.2, 0) is 0 Å². The lowest BCUT2D eigenvalue weighted by Crippen LogP contribution is -2.12. The molecule has 2 N–H and O–H groups in total. The van der Waals surface area contributed by atoms with E-state index in [0.29, 0.717) is 6.61 Å². The molecule has 2 rings (SSSR count). The highest BCUT2D eigenvalue weighted by atomic mass is 35.5. The Hall–Kier alpha value is 0.210. The van der Waals surface area contributed by atoms with Crippen molar-refractivity contribution in [2.45, 2.75) is 19.3 Å². The topological polar surface area (TPSA) is 32.3 Å². The Bertz CT molecular complexity index is 130. The van der Waals surface area contributed by atoms with Gasteiger partial charge < -0.3 is 10.4 Å². The lowest BCUT2D eigenvalue weighted by atomic mass is 10.0. The summed E-state index contributed by atoms with van der Waals surface area (Å²) in [5.74, 6) is 2.70. The largest absolute Gasteiger partial charge is 0.396 e. The molecule has 2 nitrogen and oxygen atoms in total. The van der Waals surface area contributed by atoms with Crippen LogP contribution in [0.2, 0.25) is 0 Å². The molecular weight excluding hydrogens is 174 g/mol. The zero-order valence-corrected chi connectivity index (χ0v) is 8.15. The van der Waals surface area contributed by atoms with Crippen molar-refractivity contribution in [3.05, 3.63) is 0 Å². The molecular formula is C9H18ClNO. The first-order valence-corrected chi connectivity index (χ1v) is 4.71. The van der Waals surface area contributed by atoms with Crippen molar-refractivity contribution < 1.29 is 5.11 Å². The van der Waals surface area contributed by atoms with Crippen molar-refractivity contribution in [2.24, 2.45) is 17.8 Å². The minimum absolute atomic E-state index is 0. The molecule has 0 spiro atoms. The zero-order chi connectivity index (χ0) is 7.68. The second-order valence-corrected chi connectivity index (χ2v) is 4.03. The van der Waals surface area contributed by atoms with Crippen molar-refractivity contribution >= 4 is 12.4 Å². The monoisotopic (exact) mass is 191 g/mol. The fraction of sp³-hybridized carbons (Fsp3) is 1.00. The second-order valence-electron chi connectivity index (χ2n) is 4.03. The van der Waals surface area contributed by atoms with Gasteiger partial charge in [-0.05, 0) is 50.1 Å². The number of rotatable bonds is 2. The van der Waals surface area contributed by atoms with Crippen LogP contribution in [0.5, 0.6) is 0 Å². The molecule has 2 fully saturated rings. The van der Waals surface area contributed by atoms with Crippen molar-refractivity contribution in [3.8, 4) is 0 Å².